The summed E-state index contributed by atoms with van der Waals surface area (Å²) in [7, 11) is 0. The number of ether oxygens (including phenoxy) is 1. The molecule has 0 heterocycles. The summed E-state index contributed by atoms with van der Waals surface area (Å²) in [6.07, 6.45) is 0. The molecule has 0 N–H and O–H groups in total. The van der Waals surface area contributed by atoms with Gasteiger partial charge in [-0.05, 0) is 45.2 Å². The largest absolute Gasteiger partial charge is 0.488 e. The average molecular weight is 386 g/mol. The average Bonchev–Trinajstić information content (AvgIpc) is 2.84. The number of hydrogen-bond donors (Lipinski definition) is 0. The maximum atomic E-state index is 6.30. The van der Waals surface area contributed by atoms with Crippen molar-refractivity contribution in [3.8, 4) is 28.0 Å². The van der Waals surface area contributed by atoms with Crippen LogP contribution in [0.5, 0.6) is 5.75 Å². The summed E-state index contributed by atoms with van der Waals surface area (Å²) in [6.45, 7) is 0.550. The zero-order chi connectivity index (χ0) is 20.2. The van der Waals surface area contributed by atoms with E-state index in [4.69, 9.17) is 4.74 Å². The maximum absolute atomic E-state index is 6.30. The zero-order valence-corrected chi connectivity index (χ0v) is 16.7. The highest BCUT2D eigenvalue weighted by Gasteiger charge is 2.12. The molecule has 0 saturated heterocycles. The van der Waals surface area contributed by atoms with Crippen LogP contribution in [0.3, 0.4) is 0 Å². The normalized spacial score (nSPS) is 10.8. The zero-order valence-electron chi connectivity index (χ0n) is 16.7. The van der Waals surface area contributed by atoms with Crippen molar-refractivity contribution in [2.75, 3.05) is 0 Å². The smallest absolute Gasteiger partial charge is 0.128 e. The maximum Gasteiger partial charge on any atom is 0.128 e. The van der Waals surface area contributed by atoms with Crippen molar-refractivity contribution in [2.45, 2.75) is 6.61 Å². The van der Waals surface area contributed by atoms with Gasteiger partial charge in [-0.15, -0.1) is 0 Å². The minimum Gasteiger partial charge on any atom is -0.488 e. The van der Waals surface area contributed by atoms with Crippen LogP contribution >= 0.6 is 0 Å². The molecule has 1 nitrogen and oxygen atoms in total. The van der Waals surface area contributed by atoms with Gasteiger partial charge in [-0.1, -0.05) is 109 Å². The lowest BCUT2D eigenvalue weighted by Gasteiger charge is -2.16. The van der Waals surface area contributed by atoms with Crippen molar-refractivity contribution in [1.82, 2.24) is 0 Å². The van der Waals surface area contributed by atoms with Crippen LogP contribution in [-0.4, -0.2) is 0 Å². The molecule has 0 radical (unpaired) electrons. The van der Waals surface area contributed by atoms with Crippen LogP contribution in [0.4, 0.5) is 0 Å². The molecule has 30 heavy (non-hydrogen) atoms. The lowest BCUT2D eigenvalue weighted by Crippen LogP contribution is -1.97. The number of fused-ring (bicyclic) bond motifs is 1. The predicted molar refractivity (Wildman–Crippen MR) is 126 cm³/mol. The fourth-order valence-electron chi connectivity index (χ4n) is 3.88. The molecule has 144 valence electrons. The van der Waals surface area contributed by atoms with Gasteiger partial charge in [0.05, 0.1) is 0 Å². The predicted octanol–water partition coefficient (Wildman–Crippen LogP) is 7.75. The van der Waals surface area contributed by atoms with Crippen molar-refractivity contribution in [3.05, 3.63) is 127 Å². The van der Waals surface area contributed by atoms with Gasteiger partial charge in [-0.2, -0.15) is 0 Å². The Labute approximate surface area is 177 Å². The second-order valence-electron chi connectivity index (χ2n) is 7.38. The summed E-state index contributed by atoms with van der Waals surface area (Å²) in [5, 5.41) is 2.41. The highest BCUT2D eigenvalue weighted by atomic mass is 16.5. The third-order valence-electron chi connectivity index (χ3n) is 5.39. The first-order chi connectivity index (χ1) is 14.9. The SMILES string of the molecule is c1ccc(COc2ccc3cc(-c4ccccc4)ccc3c2-c2ccccc2)cc1. The Hall–Kier alpha value is -3.84. The first-order valence-corrected chi connectivity index (χ1v) is 10.2. The molecule has 0 atom stereocenters. The topological polar surface area (TPSA) is 9.23 Å². The van der Waals surface area contributed by atoms with Gasteiger partial charge in [0, 0.05) is 5.56 Å². The van der Waals surface area contributed by atoms with Crippen LogP contribution in [0, 0.1) is 0 Å². The minimum absolute atomic E-state index is 0.550. The third-order valence-corrected chi connectivity index (χ3v) is 5.39. The van der Waals surface area contributed by atoms with Gasteiger partial charge in [0.15, 0.2) is 0 Å². The van der Waals surface area contributed by atoms with Gasteiger partial charge in [-0.3, -0.25) is 0 Å². The molecule has 0 amide bonds. The van der Waals surface area contributed by atoms with Crippen molar-refractivity contribution >= 4 is 10.8 Å². The lowest BCUT2D eigenvalue weighted by atomic mass is 9.94. The minimum atomic E-state index is 0.550. The number of hydrogen-bond acceptors (Lipinski definition) is 1. The van der Waals surface area contributed by atoms with Crippen molar-refractivity contribution < 1.29 is 4.74 Å². The summed E-state index contributed by atoms with van der Waals surface area (Å²) < 4.78 is 6.30. The quantitative estimate of drug-likeness (QED) is 0.300. The van der Waals surface area contributed by atoms with Gasteiger partial charge >= 0.3 is 0 Å². The van der Waals surface area contributed by atoms with E-state index in [1.165, 1.54) is 27.5 Å². The van der Waals surface area contributed by atoms with Gasteiger partial charge in [0.2, 0.25) is 0 Å². The molecular formula is C29H22O. The second-order valence-corrected chi connectivity index (χ2v) is 7.38. The molecule has 0 unspecified atom stereocenters. The molecule has 5 rings (SSSR count). The Morgan fingerprint density at radius 2 is 1.13 bits per heavy atom. The Morgan fingerprint density at radius 1 is 0.500 bits per heavy atom. The Bertz CT molecular complexity index is 1260. The van der Waals surface area contributed by atoms with Crippen LogP contribution in [0.25, 0.3) is 33.0 Å². The standard InChI is InChI=1S/C29H22O/c1-4-10-22(11-5-1)21-30-28-19-17-26-20-25(23-12-6-2-7-13-23)16-18-27(26)29(28)24-14-8-3-9-15-24/h1-20H,21H2. The van der Waals surface area contributed by atoms with Crippen LogP contribution in [0.1, 0.15) is 5.56 Å². The van der Waals surface area contributed by atoms with E-state index in [1.54, 1.807) is 0 Å². The molecule has 0 aliphatic carbocycles. The van der Waals surface area contributed by atoms with Crippen molar-refractivity contribution in [2.24, 2.45) is 0 Å². The molecular weight excluding hydrogens is 364 g/mol. The fourth-order valence-corrected chi connectivity index (χ4v) is 3.88. The Balaban J connectivity index is 1.61. The number of rotatable bonds is 5. The summed E-state index contributed by atoms with van der Waals surface area (Å²) in [5.41, 5.74) is 5.92. The molecule has 0 saturated carbocycles. The molecule has 0 aromatic heterocycles. The summed E-state index contributed by atoms with van der Waals surface area (Å²) in [5.74, 6) is 0.907. The van der Waals surface area contributed by atoms with Crippen molar-refractivity contribution in [1.29, 1.82) is 0 Å². The molecule has 0 spiro atoms. The van der Waals surface area contributed by atoms with Crippen LogP contribution in [0.2, 0.25) is 0 Å². The van der Waals surface area contributed by atoms with E-state index in [0.29, 0.717) is 6.61 Å². The molecule has 1 heteroatoms. The summed E-state index contributed by atoms with van der Waals surface area (Å²) >= 11 is 0. The third kappa shape index (κ3) is 3.70. The molecule has 0 aliphatic heterocycles. The van der Waals surface area contributed by atoms with Crippen molar-refractivity contribution in [3.63, 3.8) is 0 Å². The molecule has 0 fully saturated rings. The molecule has 0 aliphatic rings. The van der Waals surface area contributed by atoms with Gasteiger partial charge in [0.1, 0.15) is 12.4 Å². The van der Waals surface area contributed by atoms with Gasteiger partial charge in [-0.25, -0.2) is 0 Å². The van der Waals surface area contributed by atoms with E-state index in [-0.39, 0.29) is 0 Å². The van der Waals surface area contributed by atoms with Crippen LogP contribution in [-0.2, 0) is 6.61 Å². The monoisotopic (exact) mass is 386 g/mol. The Morgan fingerprint density at radius 3 is 1.83 bits per heavy atom. The second kappa shape index (κ2) is 8.26. The fraction of sp³-hybridized carbons (Fsp3) is 0.0345. The highest BCUT2D eigenvalue weighted by molar-refractivity contribution is 6.01. The molecule has 0 bridgehead atoms. The van der Waals surface area contributed by atoms with E-state index in [1.807, 2.05) is 24.3 Å². The number of benzene rings is 5. The lowest BCUT2D eigenvalue weighted by molar-refractivity contribution is 0.308. The van der Waals surface area contributed by atoms with E-state index < -0.39 is 0 Å². The van der Waals surface area contributed by atoms with Crippen LogP contribution in [0.15, 0.2) is 121 Å². The summed E-state index contributed by atoms with van der Waals surface area (Å²) in [6, 6.07) is 42.2. The first-order valence-electron chi connectivity index (χ1n) is 10.2. The van der Waals surface area contributed by atoms with Gasteiger partial charge < -0.3 is 4.74 Å². The van der Waals surface area contributed by atoms with E-state index in [2.05, 4.69) is 97.1 Å². The van der Waals surface area contributed by atoms with Gasteiger partial charge in [0.25, 0.3) is 0 Å². The van der Waals surface area contributed by atoms with Crippen LogP contribution < -0.4 is 4.74 Å². The molecule has 5 aromatic rings. The van der Waals surface area contributed by atoms with E-state index in [9.17, 15) is 0 Å². The highest BCUT2D eigenvalue weighted by Crippen LogP contribution is 2.39. The first kappa shape index (κ1) is 18.2. The van der Waals surface area contributed by atoms with E-state index in [0.717, 1.165) is 16.9 Å². The Kier molecular flexibility index (Phi) is 5.01. The summed E-state index contributed by atoms with van der Waals surface area (Å²) in [4.78, 5) is 0. The molecule has 5 aromatic carbocycles. The van der Waals surface area contributed by atoms with E-state index >= 15 is 0 Å².